The predicted octanol–water partition coefficient (Wildman–Crippen LogP) is 2.47. The maximum atomic E-state index is 12.0. The molecule has 0 heterocycles. The van der Waals surface area contributed by atoms with Crippen LogP contribution < -0.4 is 10.6 Å². The Bertz CT molecular complexity index is 781. The lowest BCUT2D eigenvalue weighted by Crippen LogP contribution is -2.60. The highest BCUT2D eigenvalue weighted by atomic mass is 16.5. The van der Waals surface area contributed by atoms with E-state index in [9.17, 15) is 9.59 Å². The number of amides is 1. The average Bonchev–Trinajstić information content (AvgIpc) is 2.56. The molecule has 0 aliphatic heterocycles. The van der Waals surface area contributed by atoms with Gasteiger partial charge in [0.1, 0.15) is 5.41 Å². The van der Waals surface area contributed by atoms with Gasteiger partial charge in [-0.25, -0.2) is 0 Å². The van der Waals surface area contributed by atoms with Crippen LogP contribution in [0.3, 0.4) is 0 Å². The summed E-state index contributed by atoms with van der Waals surface area (Å²) in [5.74, 6) is -1.12. The summed E-state index contributed by atoms with van der Waals surface area (Å²) in [4.78, 5) is 26.0. The molecule has 0 atom stereocenters. The molecule has 2 aromatic rings. The normalized spacial score (nSPS) is 22.7. The molecular weight excluding hydrogens is 304 g/mol. The summed E-state index contributed by atoms with van der Waals surface area (Å²) in [6, 6.07) is 14.6. The number of carbonyl (C=O) groups excluding carboxylic acids is 2. The molecule has 2 aromatic carbocycles. The van der Waals surface area contributed by atoms with Crippen LogP contribution in [0.1, 0.15) is 19.8 Å². The summed E-state index contributed by atoms with van der Waals surface area (Å²) < 4.78 is 4.79. The summed E-state index contributed by atoms with van der Waals surface area (Å²) in [6.45, 7) is 2.86. The van der Waals surface area contributed by atoms with Crippen LogP contribution in [0.2, 0.25) is 0 Å². The minimum absolute atomic E-state index is 0.0998. The molecule has 0 bridgehead atoms. The van der Waals surface area contributed by atoms with Gasteiger partial charge in [-0.2, -0.15) is 0 Å². The minimum atomic E-state index is -1.18. The van der Waals surface area contributed by atoms with Gasteiger partial charge in [0.05, 0.1) is 7.11 Å². The monoisotopic (exact) mass is 326 g/mol. The summed E-state index contributed by atoms with van der Waals surface area (Å²) in [5.41, 5.74) is 5.38. The Kier molecular flexibility index (Phi) is 4.18. The fraction of sp³-hybridized carbons (Fsp3) is 0.368. The van der Waals surface area contributed by atoms with Gasteiger partial charge in [-0.05, 0) is 42.7 Å². The molecule has 3 rings (SSSR count). The number of hydrogen-bond acceptors (Lipinski definition) is 4. The fourth-order valence-corrected chi connectivity index (χ4v) is 3.64. The van der Waals surface area contributed by atoms with E-state index in [0.29, 0.717) is 12.8 Å². The highest BCUT2D eigenvalue weighted by molar-refractivity contribution is 6.03. The molecule has 5 nitrogen and oxygen atoms in total. The Labute approximate surface area is 141 Å². The SMILES string of the molecule is CCN(c1ccc2ccccc2c1)C1CC(C(N)=O)(C(=O)OC)C1. The zero-order valence-electron chi connectivity index (χ0n) is 14.0. The predicted molar refractivity (Wildman–Crippen MR) is 93.6 cm³/mol. The maximum Gasteiger partial charge on any atom is 0.321 e. The average molecular weight is 326 g/mol. The topological polar surface area (TPSA) is 72.6 Å². The molecule has 5 heteroatoms. The Morgan fingerprint density at radius 1 is 1.21 bits per heavy atom. The molecule has 0 radical (unpaired) electrons. The molecule has 0 saturated heterocycles. The van der Waals surface area contributed by atoms with E-state index in [1.165, 1.54) is 17.9 Å². The molecule has 0 aromatic heterocycles. The second kappa shape index (κ2) is 6.15. The molecule has 1 saturated carbocycles. The molecule has 0 spiro atoms. The van der Waals surface area contributed by atoms with Crippen molar-refractivity contribution in [1.29, 1.82) is 0 Å². The van der Waals surface area contributed by atoms with E-state index in [4.69, 9.17) is 10.5 Å². The van der Waals surface area contributed by atoms with E-state index < -0.39 is 17.3 Å². The van der Waals surface area contributed by atoms with E-state index in [-0.39, 0.29) is 6.04 Å². The Hall–Kier alpha value is -2.56. The van der Waals surface area contributed by atoms with Crippen molar-refractivity contribution in [2.24, 2.45) is 11.1 Å². The number of anilines is 1. The van der Waals surface area contributed by atoms with E-state index in [1.54, 1.807) is 0 Å². The van der Waals surface area contributed by atoms with Crippen LogP contribution in [0, 0.1) is 5.41 Å². The number of nitrogens with two attached hydrogens (primary N) is 1. The molecule has 1 aliphatic rings. The Balaban J connectivity index is 1.85. The van der Waals surface area contributed by atoms with E-state index >= 15 is 0 Å². The maximum absolute atomic E-state index is 12.0. The first-order valence-corrected chi connectivity index (χ1v) is 8.15. The van der Waals surface area contributed by atoms with E-state index in [2.05, 4.69) is 42.2 Å². The highest BCUT2D eigenvalue weighted by Gasteiger charge is 2.57. The number of fused-ring (bicyclic) bond motifs is 1. The third kappa shape index (κ3) is 2.50. The second-order valence-corrected chi connectivity index (χ2v) is 6.32. The lowest BCUT2D eigenvalue weighted by molar-refractivity contribution is -0.165. The van der Waals surface area contributed by atoms with Gasteiger partial charge in [0.25, 0.3) is 0 Å². The number of methoxy groups -OCH3 is 1. The third-order valence-corrected chi connectivity index (χ3v) is 5.06. The highest BCUT2D eigenvalue weighted by Crippen LogP contribution is 2.46. The number of primary amides is 1. The molecule has 126 valence electrons. The number of carbonyl (C=O) groups is 2. The zero-order chi connectivity index (χ0) is 17.3. The van der Waals surface area contributed by atoms with Crippen molar-refractivity contribution >= 4 is 28.3 Å². The number of rotatable bonds is 5. The van der Waals surface area contributed by atoms with Crippen molar-refractivity contribution in [3.05, 3.63) is 42.5 Å². The van der Waals surface area contributed by atoms with Gasteiger partial charge < -0.3 is 15.4 Å². The molecule has 0 unspecified atom stereocenters. The van der Waals surface area contributed by atoms with Gasteiger partial charge >= 0.3 is 5.97 Å². The van der Waals surface area contributed by atoms with Crippen molar-refractivity contribution in [2.45, 2.75) is 25.8 Å². The van der Waals surface area contributed by atoms with Crippen LogP contribution >= 0.6 is 0 Å². The largest absolute Gasteiger partial charge is 0.468 e. The zero-order valence-corrected chi connectivity index (χ0v) is 14.0. The van der Waals surface area contributed by atoms with Crippen molar-refractivity contribution in [3.8, 4) is 0 Å². The second-order valence-electron chi connectivity index (χ2n) is 6.32. The van der Waals surface area contributed by atoms with Crippen LogP contribution in [0.15, 0.2) is 42.5 Å². The Morgan fingerprint density at radius 2 is 1.88 bits per heavy atom. The van der Waals surface area contributed by atoms with Gasteiger partial charge in [-0.15, -0.1) is 0 Å². The van der Waals surface area contributed by atoms with Crippen molar-refractivity contribution in [1.82, 2.24) is 0 Å². The van der Waals surface area contributed by atoms with Crippen LogP contribution in [-0.2, 0) is 14.3 Å². The minimum Gasteiger partial charge on any atom is -0.468 e. The molecular formula is C19H22N2O3. The van der Waals surface area contributed by atoms with Crippen LogP contribution in [0.5, 0.6) is 0 Å². The number of esters is 1. The number of nitrogens with zero attached hydrogens (tertiary/aromatic N) is 1. The molecule has 1 amide bonds. The molecule has 2 N–H and O–H groups in total. The number of ether oxygens (including phenoxy) is 1. The fourth-order valence-electron chi connectivity index (χ4n) is 3.64. The molecule has 24 heavy (non-hydrogen) atoms. The van der Waals surface area contributed by atoms with Crippen LogP contribution in [0.4, 0.5) is 5.69 Å². The van der Waals surface area contributed by atoms with Gasteiger partial charge in [-0.3, -0.25) is 9.59 Å². The van der Waals surface area contributed by atoms with Gasteiger partial charge in [0.15, 0.2) is 0 Å². The summed E-state index contributed by atoms with van der Waals surface area (Å²) in [7, 11) is 1.29. The first kappa shape index (κ1) is 16.3. The standard InChI is InChI=1S/C19H22N2O3/c1-3-21(15-9-8-13-6-4-5-7-14(13)10-15)16-11-19(12-16,17(20)22)18(23)24-2/h4-10,16H,3,11-12H2,1-2H3,(H2,20,22). The van der Waals surface area contributed by atoms with E-state index in [0.717, 1.165) is 12.2 Å². The van der Waals surface area contributed by atoms with Crippen molar-refractivity contribution in [3.63, 3.8) is 0 Å². The quantitative estimate of drug-likeness (QED) is 0.677. The van der Waals surface area contributed by atoms with E-state index in [1.807, 2.05) is 12.1 Å². The van der Waals surface area contributed by atoms with Crippen LogP contribution in [0.25, 0.3) is 10.8 Å². The van der Waals surface area contributed by atoms with Crippen molar-refractivity contribution in [2.75, 3.05) is 18.6 Å². The number of benzene rings is 2. The van der Waals surface area contributed by atoms with Crippen LogP contribution in [-0.4, -0.2) is 31.6 Å². The first-order valence-electron chi connectivity index (χ1n) is 8.15. The van der Waals surface area contributed by atoms with Crippen molar-refractivity contribution < 1.29 is 14.3 Å². The number of hydrogen-bond donors (Lipinski definition) is 1. The Morgan fingerprint density at radius 3 is 2.46 bits per heavy atom. The lowest BCUT2D eigenvalue weighted by Gasteiger charge is -2.48. The smallest absolute Gasteiger partial charge is 0.321 e. The van der Waals surface area contributed by atoms with Gasteiger partial charge in [0, 0.05) is 18.3 Å². The summed E-state index contributed by atoms with van der Waals surface area (Å²) >= 11 is 0. The first-order chi connectivity index (χ1) is 11.5. The third-order valence-electron chi connectivity index (χ3n) is 5.06. The lowest BCUT2D eigenvalue weighted by atomic mass is 9.64. The molecule has 1 aliphatic carbocycles. The van der Waals surface area contributed by atoms with Gasteiger partial charge in [-0.1, -0.05) is 30.3 Å². The molecule has 1 fully saturated rings. The summed E-state index contributed by atoms with van der Waals surface area (Å²) in [6.07, 6.45) is 0.797. The summed E-state index contributed by atoms with van der Waals surface area (Å²) in [5, 5.41) is 2.36. The van der Waals surface area contributed by atoms with Gasteiger partial charge in [0.2, 0.25) is 5.91 Å².